The summed E-state index contributed by atoms with van der Waals surface area (Å²) in [6, 6.07) is 12.4. The van der Waals surface area contributed by atoms with Gasteiger partial charge in [0.25, 0.3) is 0 Å². The van der Waals surface area contributed by atoms with Crippen molar-refractivity contribution in [3.63, 3.8) is 0 Å². The van der Waals surface area contributed by atoms with E-state index < -0.39 is 0 Å². The van der Waals surface area contributed by atoms with Crippen LogP contribution in [0.3, 0.4) is 0 Å². The number of anilines is 1. The van der Waals surface area contributed by atoms with Gasteiger partial charge >= 0.3 is 0 Å². The first-order valence-electron chi connectivity index (χ1n) is 6.36. The molecular formula is C15H16N4. The molecule has 1 aromatic heterocycles. The zero-order chi connectivity index (χ0) is 13.4. The molecule has 0 atom stereocenters. The van der Waals surface area contributed by atoms with Crippen molar-refractivity contribution in [1.82, 2.24) is 9.97 Å². The standard InChI is InChI=1S/C15H16N4/c1-9(2)14-17-13-8-11-6-4-3-5-10(11)7-12(13)15(18-14)19-16/h3-9H,16H2,1-2H3,(H,17,18,19). The summed E-state index contributed by atoms with van der Waals surface area (Å²) >= 11 is 0. The van der Waals surface area contributed by atoms with Gasteiger partial charge in [0.2, 0.25) is 0 Å². The Morgan fingerprint density at radius 1 is 1.05 bits per heavy atom. The maximum atomic E-state index is 5.59. The van der Waals surface area contributed by atoms with Crippen LogP contribution >= 0.6 is 0 Å². The Kier molecular flexibility index (Phi) is 2.80. The zero-order valence-corrected chi connectivity index (χ0v) is 11.0. The highest BCUT2D eigenvalue weighted by Gasteiger charge is 2.10. The third-order valence-electron chi connectivity index (χ3n) is 3.23. The SMILES string of the molecule is CC(C)c1nc(NN)c2cc3ccccc3cc2n1. The summed E-state index contributed by atoms with van der Waals surface area (Å²) in [4.78, 5) is 9.11. The summed E-state index contributed by atoms with van der Waals surface area (Å²) in [5.74, 6) is 7.34. The van der Waals surface area contributed by atoms with Gasteiger partial charge in [-0.3, -0.25) is 0 Å². The molecule has 0 amide bonds. The number of hydrogen-bond donors (Lipinski definition) is 2. The molecule has 19 heavy (non-hydrogen) atoms. The largest absolute Gasteiger partial charge is 0.308 e. The molecule has 2 aromatic carbocycles. The predicted molar refractivity (Wildman–Crippen MR) is 78.9 cm³/mol. The van der Waals surface area contributed by atoms with Gasteiger partial charge in [-0.2, -0.15) is 0 Å². The fourth-order valence-corrected chi connectivity index (χ4v) is 2.20. The lowest BCUT2D eigenvalue weighted by Crippen LogP contribution is -2.11. The van der Waals surface area contributed by atoms with E-state index in [1.807, 2.05) is 12.1 Å². The summed E-state index contributed by atoms with van der Waals surface area (Å²) in [7, 11) is 0. The number of hydrogen-bond acceptors (Lipinski definition) is 4. The Morgan fingerprint density at radius 3 is 2.37 bits per heavy atom. The number of nitrogens with one attached hydrogen (secondary N) is 1. The van der Waals surface area contributed by atoms with Gasteiger partial charge < -0.3 is 5.43 Å². The maximum absolute atomic E-state index is 5.59. The first kappa shape index (κ1) is 11.9. The van der Waals surface area contributed by atoms with Gasteiger partial charge in [-0.1, -0.05) is 38.1 Å². The quantitative estimate of drug-likeness (QED) is 0.417. The van der Waals surface area contributed by atoms with Crippen LogP contribution in [0.2, 0.25) is 0 Å². The molecule has 4 heteroatoms. The lowest BCUT2D eigenvalue weighted by Gasteiger charge is -2.11. The van der Waals surface area contributed by atoms with Crippen molar-refractivity contribution < 1.29 is 0 Å². The van der Waals surface area contributed by atoms with E-state index in [1.54, 1.807) is 0 Å². The summed E-state index contributed by atoms with van der Waals surface area (Å²) in [5.41, 5.74) is 3.60. The third-order valence-corrected chi connectivity index (χ3v) is 3.23. The smallest absolute Gasteiger partial charge is 0.151 e. The fourth-order valence-electron chi connectivity index (χ4n) is 2.20. The molecule has 0 spiro atoms. The molecular weight excluding hydrogens is 236 g/mol. The van der Waals surface area contributed by atoms with Crippen LogP contribution in [0.1, 0.15) is 25.6 Å². The molecule has 3 N–H and O–H groups in total. The van der Waals surface area contributed by atoms with Crippen molar-refractivity contribution in [2.45, 2.75) is 19.8 Å². The van der Waals surface area contributed by atoms with Gasteiger partial charge in [-0.15, -0.1) is 0 Å². The minimum atomic E-state index is 0.267. The molecule has 0 saturated heterocycles. The number of nitrogen functional groups attached to an aromatic ring is 1. The van der Waals surface area contributed by atoms with Crippen molar-refractivity contribution in [2.75, 3.05) is 5.43 Å². The molecule has 3 aromatic rings. The average Bonchev–Trinajstić information content (AvgIpc) is 2.43. The summed E-state index contributed by atoms with van der Waals surface area (Å²) < 4.78 is 0. The molecule has 0 bridgehead atoms. The number of hydrazine groups is 1. The molecule has 0 radical (unpaired) electrons. The minimum Gasteiger partial charge on any atom is -0.308 e. The van der Waals surface area contributed by atoms with Gasteiger partial charge in [0.1, 0.15) is 5.82 Å². The molecule has 0 aliphatic heterocycles. The predicted octanol–water partition coefficient (Wildman–Crippen LogP) is 3.19. The van der Waals surface area contributed by atoms with E-state index in [0.29, 0.717) is 5.82 Å². The average molecular weight is 252 g/mol. The zero-order valence-electron chi connectivity index (χ0n) is 11.0. The van der Waals surface area contributed by atoms with Crippen LogP contribution in [0.25, 0.3) is 21.7 Å². The number of rotatable bonds is 2. The number of nitrogens with two attached hydrogens (primary N) is 1. The van der Waals surface area contributed by atoms with Crippen molar-refractivity contribution >= 4 is 27.5 Å². The highest BCUT2D eigenvalue weighted by Crippen LogP contribution is 2.27. The van der Waals surface area contributed by atoms with E-state index in [9.17, 15) is 0 Å². The van der Waals surface area contributed by atoms with E-state index in [4.69, 9.17) is 5.84 Å². The molecule has 0 fully saturated rings. The van der Waals surface area contributed by atoms with Gasteiger partial charge in [-0.05, 0) is 22.9 Å². The van der Waals surface area contributed by atoms with Gasteiger partial charge in [0.05, 0.1) is 5.52 Å². The van der Waals surface area contributed by atoms with Crippen LogP contribution in [0.5, 0.6) is 0 Å². The van der Waals surface area contributed by atoms with Crippen molar-refractivity contribution in [3.8, 4) is 0 Å². The van der Waals surface area contributed by atoms with Crippen LogP contribution < -0.4 is 11.3 Å². The normalized spacial score (nSPS) is 11.4. The molecule has 0 aliphatic rings. The Hall–Kier alpha value is -2.20. The molecule has 4 nitrogen and oxygen atoms in total. The molecule has 1 heterocycles. The Morgan fingerprint density at radius 2 is 1.74 bits per heavy atom. The third kappa shape index (κ3) is 2.00. The highest BCUT2D eigenvalue weighted by molar-refractivity contribution is 6.00. The molecule has 0 saturated carbocycles. The maximum Gasteiger partial charge on any atom is 0.151 e. The van der Waals surface area contributed by atoms with Crippen LogP contribution in [0.15, 0.2) is 36.4 Å². The highest BCUT2D eigenvalue weighted by atomic mass is 15.3. The number of fused-ring (bicyclic) bond motifs is 2. The Balaban J connectivity index is 2.39. The van der Waals surface area contributed by atoms with Crippen molar-refractivity contribution in [3.05, 3.63) is 42.2 Å². The summed E-state index contributed by atoms with van der Waals surface area (Å²) in [6.07, 6.45) is 0. The summed E-state index contributed by atoms with van der Waals surface area (Å²) in [6.45, 7) is 4.14. The lowest BCUT2D eigenvalue weighted by atomic mass is 10.1. The van der Waals surface area contributed by atoms with E-state index >= 15 is 0 Å². The Bertz CT molecular complexity index is 750. The Labute approximate surface area is 111 Å². The molecule has 0 aliphatic carbocycles. The van der Waals surface area contributed by atoms with E-state index in [2.05, 4.69) is 53.5 Å². The summed E-state index contributed by atoms with van der Waals surface area (Å²) in [5, 5.41) is 3.28. The molecule has 96 valence electrons. The minimum absolute atomic E-state index is 0.267. The topological polar surface area (TPSA) is 63.8 Å². The van der Waals surface area contributed by atoms with E-state index in [1.165, 1.54) is 5.39 Å². The number of aromatic nitrogens is 2. The van der Waals surface area contributed by atoms with Crippen molar-refractivity contribution in [2.24, 2.45) is 5.84 Å². The number of nitrogens with zero attached hydrogens (tertiary/aromatic N) is 2. The first-order chi connectivity index (χ1) is 9.19. The monoisotopic (exact) mass is 252 g/mol. The van der Waals surface area contributed by atoms with Gasteiger partial charge in [-0.25, -0.2) is 15.8 Å². The van der Waals surface area contributed by atoms with Crippen LogP contribution in [0.4, 0.5) is 5.82 Å². The van der Waals surface area contributed by atoms with Gasteiger partial charge in [0, 0.05) is 11.3 Å². The van der Waals surface area contributed by atoms with E-state index in [-0.39, 0.29) is 5.92 Å². The number of benzene rings is 2. The molecule has 0 unspecified atom stereocenters. The lowest BCUT2D eigenvalue weighted by molar-refractivity contribution is 0.784. The fraction of sp³-hybridized carbons (Fsp3) is 0.200. The molecule has 3 rings (SSSR count). The van der Waals surface area contributed by atoms with Crippen LogP contribution in [-0.2, 0) is 0 Å². The van der Waals surface area contributed by atoms with E-state index in [0.717, 1.165) is 22.1 Å². The second-order valence-corrected chi connectivity index (χ2v) is 4.95. The van der Waals surface area contributed by atoms with Gasteiger partial charge in [0.15, 0.2) is 5.82 Å². The second kappa shape index (κ2) is 4.48. The van der Waals surface area contributed by atoms with Crippen LogP contribution in [0, 0.1) is 0 Å². The first-order valence-corrected chi connectivity index (χ1v) is 6.36. The van der Waals surface area contributed by atoms with Crippen molar-refractivity contribution in [1.29, 1.82) is 0 Å². The second-order valence-electron chi connectivity index (χ2n) is 4.95. The van der Waals surface area contributed by atoms with Crippen LogP contribution in [-0.4, -0.2) is 9.97 Å².